The van der Waals surface area contributed by atoms with Crippen molar-refractivity contribution in [1.82, 2.24) is 0 Å². The van der Waals surface area contributed by atoms with E-state index in [0.717, 1.165) is 10.4 Å². The molecule has 2 N–H and O–H groups in total. The maximum atomic E-state index is 12.1. The third kappa shape index (κ3) is 2.30. The summed E-state index contributed by atoms with van der Waals surface area (Å²) in [6, 6.07) is 8.66. The fraction of sp³-hybridized carbons (Fsp3) is 0.0909. The quantitative estimate of drug-likeness (QED) is 0.833. The lowest BCUT2D eigenvalue weighted by molar-refractivity contribution is -0.0492. The first-order valence-electron chi connectivity index (χ1n) is 4.55. The Bertz CT molecular complexity index is 471. The largest absolute Gasteiger partial charge is 0.433 e. The first-order chi connectivity index (χ1) is 7.66. The van der Waals surface area contributed by atoms with Gasteiger partial charge in [0, 0.05) is 4.88 Å². The molecule has 0 spiro atoms. The van der Waals surface area contributed by atoms with Crippen molar-refractivity contribution in [3.05, 3.63) is 35.7 Å². The Kier molecular flexibility index (Phi) is 3.05. The monoisotopic (exact) mass is 241 g/mol. The van der Waals surface area contributed by atoms with Crippen LogP contribution in [0.5, 0.6) is 5.75 Å². The van der Waals surface area contributed by atoms with E-state index in [1.54, 1.807) is 12.1 Å². The fourth-order valence-corrected chi connectivity index (χ4v) is 2.05. The van der Waals surface area contributed by atoms with Gasteiger partial charge in [-0.05, 0) is 29.1 Å². The van der Waals surface area contributed by atoms with Crippen molar-refractivity contribution in [3.8, 4) is 16.2 Å². The Morgan fingerprint density at radius 3 is 2.69 bits per heavy atom. The predicted molar refractivity (Wildman–Crippen MR) is 60.8 cm³/mol. The lowest BCUT2D eigenvalue weighted by atomic mass is 10.1. The van der Waals surface area contributed by atoms with Gasteiger partial charge < -0.3 is 10.5 Å². The molecule has 0 saturated carbocycles. The molecule has 2 aromatic rings. The molecule has 0 atom stereocenters. The molecule has 5 heteroatoms. The summed E-state index contributed by atoms with van der Waals surface area (Å²) < 4.78 is 28.5. The lowest BCUT2D eigenvalue weighted by Crippen LogP contribution is -2.04. The molecule has 0 fully saturated rings. The van der Waals surface area contributed by atoms with Gasteiger partial charge in [0.25, 0.3) is 0 Å². The molecule has 0 radical (unpaired) electrons. The molecule has 1 heterocycles. The van der Waals surface area contributed by atoms with Crippen LogP contribution in [0.15, 0.2) is 35.7 Å². The number of halogens is 2. The van der Waals surface area contributed by atoms with Gasteiger partial charge in [0.1, 0.15) is 5.75 Å². The number of ether oxygens (including phenoxy) is 1. The number of alkyl halides is 2. The molecular weight excluding hydrogens is 232 g/mol. The molecule has 1 aromatic carbocycles. The van der Waals surface area contributed by atoms with Gasteiger partial charge in [-0.2, -0.15) is 8.78 Å². The zero-order valence-electron chi connectivity index (χ0n) is 8.19. The summed E-state index contributed by atoms with van der Waals surface area (Å²) in [5.74, 6) is 0.0147. The summed E-state index contributed by atoms with van der Waals surface area (Å²) in [5.41, 5.74) is 6.56. The highest BCUT2D eigenvalue weighted by Crippen LogP contribution is 2.32. The molecule has 0 unspecified atom stereocenters. The predicted octanol–water partition coefficient (Wildman–Crippen LogP) is 3.60. The summed E-state index contributed by atoms with van der Waals surface area (Å²) in [7, 11) is 0. The second-order valence-electron chi connectivity index (χ2n) is 3.11. The highest BCUT2D eigenvalue weighted by molar-refractivity contribution is 7.13. The average molecular weight is 241 g/mol. The van der Waals surface area contributed by atoms with E-state index in [1.807, 2.05) is 17.5 Å². The minimum atomic E-state index is -2.86. The van der Waals surface area contributed by atoms with Crippen molar-refractivity contribution in [1.29, 1.82) is 0 Å². The van der Waals surface area contributed by atoms with Crippen molar-refractivity contribution in [3.63, 3.8) is 0 Å². The van der Waals surface area contributed by atoms with Gasteiger partial charge in [0.2, 0.25) is 0 Å². The highest BCUT2D eigenvalue weighted by Gasteiger charge is 2.09. The van der Waals surface area contributed by atoms with Crippen molar-refractivity contribution in [2.45, 2.75) is 6.61 Å². The first-order valence-corrected chi connectivity index (χ1v) is 5.43. The molecule has 2 rings (SSSR count). The summed E-state index contributed by atoms with van der Waals surface area (Å²) >= 11 is 1.53. The van der Waals surface area contributed by atoms with Crippen molar-refractivity contribution >= 4 is 17.0 Å². The van der Waals surface area contributed by atoms with Crippen LogP contribution >= 0.6 is 11.3 Å². The molecule has 84 valence electrons. The van der Waals surface area contributed by atoms with Crippen molar-refractivity contribution < 1.29 is 13.5 Å². The van der Waals surface area contributed by atoms with Gasteiger partial charge in [0.05, 0.1) is 5.69 Å². The van der Waals surface area contributed by atoms with Crippen LogP contribution in [0.2, 0.25) is 0 Å². The average Bonchev–Trinajstić information content (AvgIpc) is 2.73. The van der Waals surface area contributed by atoms with Gasteiger partial charge in [0.15, 0.2) is 0 Å². The number of benzene rings is 1. The fourth-order valence-electron chi connectivity index (χ4n) is 1.33. The van der Waals surface area contributed by atoms with Crippen LogP contribution in [0.4, 0.5) is 14.5 Å². The minimum absolute atomic E-state index is 0.0147. The summed E-state index contributed by atoms with van der Waals surface area (Å²) in [6.45, 7) is -2.86. The maximum Gasteiger partial charge on any atom is 0.387 e. The van der Waals surface area contributed by atoms with Gasteiger partial charge in [-0.3, -0.25) is 0 Å². The van der Waals surface area contributed by atoms with Gasteiger partial charge in [-0.1, -0.05) is 12.1 Å². The molecule has 1 aromatic heterocycles. The molecule has 0 aliphatic rings. The van der Waals surface area contributed by atoms with Crippen LogP contribution in [-0.2, 0) is 0 Å². The van der Waals surface area contributed by atoms with Crippen molar-refractivity contribution in [2.24, 2.45) is 0 Å². The van der Waals surface area contributed by atoms with E-state index in [2.05, 4.69) is 4.74 Å². The van der Waals surface area contributed by atoms with E-state index in [4.69, 9.17) is 5.73 Å². The van der Waals surface area contributed by atoms with Crippen LogP contribution in [0.3, 0.4) is 0 Å². The molecule has 0 aliphatic carbocycles. The normalized spacial score (nSPS) is 10.7. The van der Waals surface area contributed by atoms with E-state index in [1.165, 1.54) is 17.4 Å². The Hall–Kier alpha value is -1.62. The van der Waals surface area contributed by atoms with Crippen LogP contribution in [-0.4, -0.2) is 6.61 Å². The minimum Gasteiger partial charge on any atom is -0.433 e. The number of thiophene rings is 1. The molecule has 0 bridgehead atoms. The third-order valence-electron chi connectivity index (χ3n) is 2.04. The number of hydrogen-bond donors (Lipinski definition) is 1. The first kappa shape index (κ1) is 10.9. The molecular formula is C11H9F2NOS. The highest BCUT2D eigenvalue weighted by atomic mass is 32.1. The zero-order chi connectivity index (χ0) is 11.5. The Labute approximate surface area is 95.3 Å². The molecule has 2 nitrogen and oxygen atoms in total. The Morgan fingerprint density at radius 1 is 1.25 bits per heavy atom. The van der Waals surface area contributed by atoms with Crippen LogP contribution in [0.25, 0.3) is 10.4 Å². The second kappa shape index (κ2) is 4.49. The van der Waals surface area contributed by atoms with Gasteiger partial charge >= 0.3 is 6.61 Å². The molecule has 0 amide bonds. The van der Waals surface area contributed by atoms with Crippen molar-refractivity contribution in [2.75, 3.05) is 5.73 Å². The summed E-state index contributed by atoms with van der Waals surface area (Å²) in [5, 5.41) is 1.92. The molecule has 0 saturated heterocycles. The maximum absolute atomic E-state index is 12.1. The van der Waals surface area contributed by atoms with Crippen LogP contribution < -0.4 is 10.5 Å². The van der Waals surface area contributed by atoms with E-state index >= 15 is 0 Å². The molecule has 0 aliphatic heterocycles. The van der Waals surface area contributed by atoms with E-state index in [-0.39, 0.29) is 11.4 Å². The summed E-state index contributed by atoms with van der Waals surface area (Å²) in [6.07, 6.45) is 0. The molecule has 16 heavy (non-hydrogen) atoms. The smallest absolute Gasteiger partial charge is 0.387 e. The standard InChI is InChI=1S/C11H9F2NOS/c12-11(13)15-9-6-7(3-4-8(9)14)10-2-1-5-16-10/h1-6,11H,14H2. The van der Waals surface area contributed by atoms with Crippen LogP contribution in [0.1, 0.15) is 0 Å². The van der Waals surface area contributed by atoms with E-state index in [9.17, 15) is 8.78 Å². The Balaban J connectivity index is 2.36. The zero-order valence-corrected chi connectivity index (χ0v) is 9.01. The SMILES string of the molecule is Nc1ccc(-c2cccs2)cc1OC(F)F. The lowest BCUT2D eigenvalue weighted by Gasteiger charge is -2.08. The van der Waals surface area contributed by atoms with Gasteiger partial charge in [-0.15, -0.1) is 11.3 Å². The number of hydrogen-bond acceptors (Lipinski definition) is 3. The number of anilines is 1. The summed E-state index contributed by atoms with van der Waals surface area (Å²) in [4.78, 5) is 0.985. The van der Waals surface area contributed by atoms with Gasteiger partial charge in [-0.25, -0.2) is 0 Å². The second-order valence-corrected chi connectivity index (χ2v) is 4.06. The van der Waals surface area contributed by atoms with E-state index < -0.39 is 6.61 Å². The topological polar surface area (TPSA) is 35.2 Å². The number of nitrogens with two attached hydrogens (primary N) is 1. The third-order valence-corrected chi connectivity index (χ3v) is 2.95. The number of nitrogen functional groups attached to an aromatic ring is 1. The van der Waals surface area contributed by atoms with Crippen LogP contribution in [0, 0.1) is 0 Å². The van der Waals surface area contributed by atoms with E-state index in [0.29, 0.717) is 0 Å². The Morgan fingerprint density at radius 2 is 2.06 bits per heavy atom. The number of rotatable bonds is 3.